The zero-order valence-electron chi connectivity index (χ0n) is 15.7. The van der Waals surface area contributed by atoms with E-state index in [1.807, 2.05) is 6.07 Å². The summed E-state index contributed by atoms with van der Waals surface area (Å²) in [6.07, 6.45) is 2.04. The van der Waals surface area contributed by atoms with Gasteiger partial charge in [-0.3, -0.25) is 4.98 Å². The Balaban J connectivity index is 1.78. The highest BCUT2D eigenvalue weighted by Crippen LogP contribution is 2.34. The van der Waals surface area contributed by atoms with Crippen molar-refractivity contribution in [1.82, 2.24) is 24.9 Å². The lowest BCUT2D eigenvalue weighted by Gasteiger charge is -2.16. The number of aromatic nitrogens is 5. The van der Waals surface area contributed by atoms with E-state index in [0.717, 1.165) is 12.3 Å². The summed E-state index contributed by atoms with van der Waals surface area (Å²) in [5.41, 5.74) is 0.483. The number of aliphatic hydroxyl groups is 1. The van der Waals surface area contributed by atoms with Crippen molar-refractivity contribution in [1.29, 1.82) is 5.26 Å². The van der Waals surface area contributed by atoms with E-state index in [1.165, 1.54) is 12.4 Å². The highest BCUT2D eigenvalue weighted by atomic mass is 19.4. The third-order valence-electron chi connectivity index (χ3n) is 4.60. The molecule has 8 nitrogen and oxygen atoms in total. The molecule has 4 aromatic rings. The van der Waals surface area contributed by atoms with Crippen LogP contribution in [0.15, 0.2) is 49.2 Å². The fourth-order valence-electron chi connectivity index (χ4n) is 3.07. The summed E-state index contributed by atoms with van der Waals surface area (Å²) in [6.45, 7) is -0.281. The van der Waals surface area contributed by atoms with Crippen LogP contribution in [0.1, 0.15) is 22.7 Å². The molecule has 0 radical (unpaired) electrons. The van der Waals surface area contributed by atoms with Crippen molar-refractivity contribution in [2.75, 3.05) is 11.9 Å². The number of hydrogen-bond acceptors (Lipinski definition) is 7. The van der Waals surface area contributed by atoms with Crippen LogP contribution in [-0.4, -0.2) is 36.6 Å². The lowest BCUT2D eigenvalue weighted by Crippen LogP contribution is -2.17. The Bertz CT molecular complexity index is 1270. The van der Waals surface area contributed by atoms with Crippen molar-refractivity contribution in [3.63, 3.8) is 0 Å². The number of anilines is 1. The topological polar surface area (TPSA) is 123 Å². The van der Waals surface area contributed by atoms with E-state index in [1.54, 1.807) is 24.5 Å². The van der Waals surface area contributed by atoms with Crippen LogP contribution in [0.5, 0.6) is 0 Å². The maximum absolute atomic E-state index is 13.1. The second-order valence-electron chi connectivity index (χ2n) is 6.55. The fourth-order valence-corrected chi connectivity index (χ4v) is 3.07. The van der Waals surface area contributed by atoms with Gasteiger partial charge in [-0.2, -0.15) is 18.4 Å². The molecule has 1 unspecified atom stereocenters. The fraction of sp³-hybridized carbons (Fsp3) is 0.150. The highest BCUT2D eigenvalue weighted by molar-refractivity contribution is 5.94. The van der Waals surface area contributed by atoms with E-state index >= 15 is 0 Å². The Labute approximate surface area is 173 Å². The summed E-state index contributed by atoms with van der Waals surface area (Å²) < 4.78 is 39.4. The number of pyridine rings is 2. The lowest BCUT2D eigenvalue weighted by molar-refractivity contribution is -0.137. The molecule has 0 aliphatic rings. The molecule has 0 saturated carbocycles. The molecule has 31 heavy (non-hydrogen) atoms. The first-order chi connectivity index (χ1) is 14.9. The minimum absolute atomic E-state index is 0.0748. The van der Waals surface area contributed by atoms with Gasteiger partial charge in [-0.25, -0.2) is 15.0 Å². The van der Waals surface area contributed by atoms with Crippen LogP contribution >= 0.6 is 0 Å². The van der Waals surface area contributed by atoms with Crippen molar-refractivity contribution in [3.8, 4) is 17.3 Å². The summed E-state index contributed by atoms with van der Waals surface area (Å²) in [7, 11) is 0. The number of fused-ring (bicyclic) bond motifs is 1. The van der Waals surface area contributed by atoms with E-state index in [2.05, 4.69) is 30.2 Å². The maximum atomic E-state index is 13.1. The number of halogens is 3. The number of aromatic amines is 1. The quantitative estimate of drug-likeness (QED) is 0.447. The molecule has 0 bridgehead atoms. The molecule has 0 saturated heterocycles. The van der Waals surface area contributed by atoms with Crippen molar-refractivity contribution < 1.29 is 18.3 Å². The van der Waals surface area contributed by atoms with E-state index in [4.69, 9.17) is 0 Å². The molecule has 0 aliphatic heterocycles. The van der Waals surface area contributed by atoms with Gasteiger partial charge in [0.2, 0.25) is 5.95 Å². The van der Waals surface area contributed by atoms with Crippen LogP contribution in [0.4, 0.5) is 19.1 Å². The van der Waals surface area contributed by atoms with Gasteiger partial charge in [0.05, 0.1) is 35.7 Å². The largest absolute Gasteiger partial charge is 0.417 e. The van der Waals surface area contributed by atoms with Crippen molar-refractivity contribution in [3.05, 3.63) is 65.9 Å². The monoisotopic (exact) mass is 425 g/mol. The molecular formula is C20H14F3N7O. The Hall–Kier alpha value is -4.04. The van der Waals surface area contributed by atoms with E-state index in [9.17, 15) is 23.5 Å². The normalized spacial score (nSPS) is 12.5. The third-order valence-corrected chi connectivity index (χ3v) is 4.60. The van der Waals surface area contributed by atoms with Gasteiger partial charge in [-0.15, -0.1) is 0 Å². The molecule has 156 valence electrons. The molecule has 4 heterocycles. The third kappa shape index (κ3) is 4.01. The Morgan fingerprint density at radius 1 is 1.23 bits per heavy atom. The SMILES string of the molecule is N#Cc1cnc(NC(CO)c2cccnc2)nc1-c1c[nH]c2ncc(C(F)(F)F)cc12. The minimum Gasteiger partial charge on any atom is -0.394 e. The number of nitrogens with one attached hydrogen (secondary N) is 2. The second-order valence-corrected chi connectivity index (χ2v) is 6.55. The van der Waals surface area contributed by atoms with Gasteiger partial charge in [0.1, 0.15) is 11.7 Å². The average Bonchev–Trinajstić information content (AvgIpc) is 3.20. The summed E-state index contributed by atoms with van der Waals surface area (Å²) in [6, 6.07) is 5.80. The smallest absolute Gasteiger partial charge is 0.394 e. The van der Waals surface area contributed by atoms with Crippen LogP contribution in [0, 0.1) is 11.3 Å². The predicted octanol–water partition coefficient (Wildman–Crippen LogP) is 3.45. The standard InChI is InChI=1S/C20H14F3N7O/c21-20(22,23)13-4-14-15(9-27-18(14)26-8-13)17-12(5-24)7-28-19(30-17)29-16(10-31)11-2-1-3-25-6-11/h1-4,6-9,16,31H,10H2,(H,26,27)(H,28,29,30). The van der Waals surface area contributed by atoms with E-state index in [-0.39, 0.29) is 40.4 Å². The Kier molecular flexibility index (Phi) is 5.22. The minimum atomic E-state index is -4.57. The van der Waals surface area contributed by atoms with Crippen LogP contribution in [0.2, 0.25) is 0 Å². The number of nitriles is 1. The van der Waals surface area contributed by atoms with Gasteiger partial charge in [0, 0.05) is 35.7 Å². The lowest BCUT2D eigenvalue weighted by atomic mass is 10.1. The molecule has 0 spiro atoms. The van der Waals surface area contributed by atoms with E-state index in [0.29, 0.717) is 5.56 Å². The number of rotatable bonds is 5. The molecule has 0 fully saturated rings. The molecule has 11 heteroatoms. The zero-order valence-corrected chi connectivity index (χ0v) is 15.7. The van der Waals surface area contributed by atoms with Gasteiger partial charge in [0.25, 0.3) is 0 Å². The first kappa shape index (κ1) is 20.2. The number of alkyl halides is 3. The first-order valence-corrected chi connectivity index (χ1v) is 9.00. The van der Waals surface area contributed by atoms with Gasteiger partial charge in [-0.1, -0.05) is 6.07 Å². The summed E-state index contributed by atoms with van der Waals surface area (Å²) >= 11 is 0. The van der Waals surface area contributed by atoms with E-state index < -0.39 is 17.8 Å². The Morgan fingerprint density at radius 2 is 2.06 bits per heavy atom. The predicted molar refractivity (Wildman–Crippen MR) is 105 cm³/mol. The van der Waals surface area contributed by atoms with Crippen LogP contribution in [0.25, 0.3) is 22.3 Å². The molecule has 0 aliphatic carbocycles. The van der Waals surface area contributed by atoms with Crippen molar-refractivity contribution >= 4 is 17.0 Å². The molecule has 0 amide bonds. The molecule has 1 atom stereocenters. The number of aliphatic hydroxyl groups excluding tert-OH is 1. The van der Waals surface area contributed by atoms with Crippen molar-refractivity contribution in [2.24, 2.45) is 0 Å². The molecule has 3 N–H and O–H groups in total. The summed E-state index contributed by atoms with van der Waals surface area (Å²) in [5.74, 6) is 0.0891. The van der Waals surface area contributed by atoms with Crippen molar-refractivity contribution in [2.45, 2.75) is 12.2 Å². The Morgan fingerprint density at radius 3 is 2.74 bits per heavy atom. The second kappa shape index (κ2) is 8.00. The van der Waals surface area contributed by atoms with Gasteiger partial charge >= 0.3 is 6.18 Å². The van der Waals surface area contributed by atoms with Crippen LogP contribution in [0.3, 0.4) is 0 Å². The van der Waals surface area contributed by atoms with Crippen LogP contribution < -0.4 is 5.32 Å². The van der Waals surface area contributed by atoms with Crippen LogP contribution in [-0.2, 0) is 6.18 Å². The number of hydrogen-bond donors (Lipinski definition) is 3. The summed E-state index contributed by atoms with van der Waals surface area (Å²) in [4.78, 5) is 19.0. The first-order valence-electron chi connectivity index (χ1n) is 9.00. The van der Waals surface area contributed by atoms with Gasteiger partial charge in [0.15, 0.2) is 0 Å². The molecule has 0 aromatic carbocycles. The zero-order chi connectivity index (χ0) is 22.0. The van der Waals surface area contributed by atoms with Gasteiger partial charge < -0.3 is 15.4 Å². The number of nitrogens with zero attached hydrogens (tertiary/aromatic N) is 5. The summed E-state index contributed by atoms with van der Waals surface area (Å²) in [5, 5.41) is 22.3. The molecular weight excluding hydrogens is 411 g/mol. The molecule has 4 rings (SSSR count). The average molecular weight is 425 g/mol. The van der Waals surface area contributed by atoms with Gasteiger partial charge in [-0.05, 0) is 17.7 Å². The molecule has 4 aromatic heterocycles. The maximum Gasteiger partial charge on any atom is 0.417 e. The highest BCUT2D eigenvalue weighted by Gasteiger charge is 2.31. The number of H-pyrrole nitrogens is 1.